The van der Waals surface area contributed by atoms with Crippen LogP contribution >= 0.6 is 0 Å². The van der Waals surface area contributed by atoms with Crippen LogP contribution in [0.2, 0.25) is 0 Å². The largest absolute Gasteiger partial charge is 0.461 e. The van der Waals surface area contributed by atoms with Crippen LogP contribution in [0.3, 0.4) is 0 Å². The summed E-state index contributed by atoms with van der Waals surface area (Å²) in [5.41, 5.74) is 6.22. The van der Waals surface area contributed by atoms with Crippen molar-refractivity contribution in [3.05, 3.63) is 42.0 Å². The zero-order valence-corrected chi connectivity index (χ0v) is 38.5. The van der Waals surface area contributed by atoms with E-state index in [4.69, 9.17) is 24.7 Å². The molecule has 1 aliphatic heterocycles. The zero-order valence-electron chi connectivity index (χ0n) is 37.6. The Balaban J connectivity index is 1.67. The molecule has 368 valence electrons. The third-order valence-electron chi connectivity index (χ3n) is 9.18. The van der Waals surface area contributed by atoms with Crippen LogP contribution in [0.4, 0.5) is 20.1 Å². The molecule has 1 aromatic carbocycles. The number of unbranched alkanes of at least 4 members (excludes halogenated alkanes) is 2. The topological polar surface area (TPSA) is 338 Å². The quantitative estimate of drug-likeness (QED) is 0.0218. The third kappa shape index (κ3) is 23.5. The van der Waals surface area contributed by atoms with Crippen molar-refractivity contribution in [3.63, 3.8) is 0 Å². The summed E-state index contributed by atoms with van der Waals surface area (Å²) in [6.45, 7) is 6.33. The van der Waals surface area contributed by atoms with E-state index < -0.39 is 58.2 Å². The summed E-state index contributed by atoms with van der Waals surface area (Å²) >= 11 is 0. The average molecular weight is 954 g/mol. The molecule has 0 bridgehead atoms. The van der Waals surface area contributed by atoms with Crippen molar-refractivity contribution in [1.82, 2.24) is 35.6 Å². The number of urea groups is 1. The van der Waals surface area contributed by atoms with Crippen LogP contribution in [0.5, 0.6) is 0 Å². The van der Waals surface area contributed by atoms with Crippen LogP contribution in [0.1, 0.15) is 78.2 Å². The number of benzene rings is 1. The van der Waals surface area contributed by atoms with Crippen molar-refractivity contribution in [3.8, 4) is 0 Å². The molecular weight excluding hydrogens is 891 g/mol. The van der Waals surface area contributed by atoms with Crippen molar-refractivity contribution in [2.24, 2.45) is 17.6 Å². The number of anilines is 1. The van der Waals surface area contributed by atoms with Crippen LogP contribution in [-0.4, -0.2) is 132 Å². The molecule has 0 aliphatic carbocycles. The lowest BCUT2D eigenvalue weighted by molar-refractivity contribution is -0.148. The van der Waals surface area contributed by atoms with E-state index in [1.165, 1.54) is 12.2 Å². The number of esters is 1. The minimum Gasteiger partial charge on any atom is -0.461 e. The van der Waals surface area contributed by atoms with Gasteiger partial charge in [0.05, 0.1) is 25.7 Å². The fraction of sp³-hybridized carbons (Fsp3) is 0.585. The molecule has 9 N–H and O–H groups in total. The van der Waals surface area contributed by atoms with Gasteiger partial charge in [-0.2, -0.15) is 13.1 Å². The molecule has 1 aromatic rings. The number of imide groups is 1. The molecule has 1 unspecified atom stereocenters. The average Bonchev–Trinajstić information content (AvgIpc) is 3.57. The summed E-state index contributed by atoms with van der Waals surface area (Å²) in [6.07, 6.45) is 2.77. The minimum absolute atomic E-state index is 0.0507. The number of nitrogens with one attached hydrogen (secondary N) is 7. The van der Waals surface area contributed by atoms with Gasteiger partial charge < -0.3 is 51.3 Å². The van der Waals surface area contributed by atoms with Gasteiger partial charge in [-0.1, -0.05) is 46.2 Å². The van der Waals surface area contributed by atoms with Crippen molar-refractivity contribution in [1.29, 1.82) is 0 Å². The van der Waals surface area contributed by atoms with Crippen molar-refractivity contribution in [2.75, 3.05) is 57.9 Å². The van der Waals surface area contributed by atoms with E-state index in [9.17, 15) is 51.6 Å². The number of ether oxygens (including phenoxy) is 4. The number of carbonyl (C=O) groups is 9. The molecule has 2 rings (SSSR count). The molecule has 0 saturated heterocycles. The summed E-state index contributed by atoms with van der Waals surface area (Å²) in [5, 5.41) is 12.9. The summed E-state index contributed by atoms with van der Waals surface area (Å²) in [7, 11) is -4.31. The van der Waals surface area contributed by atoms with E-state index in [1.54, 1.807) is 56.7 Å². The monoisotopic (exact) mass is 953 g/mol. The van der Waals surface area contributed by atoms with Crippen LogP contribution in [0.25, 0.3) is 0 Å². The molecule has 0 aromatic heterocycles. The second-order valence-corrected chi connectivity index (χ2v) is 16.9. The lowest BCUT2D eigenvalue weighted by Gasteiger charge is -2.25. The smallest absolute Gasteiger partial charge is 0.421 e. The number of hydrogen-bond acceptors (Lipinski definition) is 15. The normalized spacial score (nSPS) is 13.2. The van der Waals surface area contributed by atoms with Gasteiger partial charge in [0, 0.05) is 50.4 Å². The maximum absolute atomic E-state index is 13.4. The standard InChI is InChI=1S/C41H63N9O15S/c1-27(2)35(37(55)47-31(10-8-18-44-39(42)57)36(54)46-30-14-12-29(13-15-30)26-65-38(56)28(3)4)48-40(58)64-25-24-62-23-20-45-66(60,61)49-41(59)63-22-9-19-43-32(51)11-6-5-7-21-50-33(52)16-17-34(50)53/h12-17,27-28,31,35,45H,5-11,18-26H2,1-4H3,(H,43,51)(H,46,54)(H,47,55)(H,48,58)(H,49,59)(H3,42,44,57)/t31?,35-/m0/s1. The van der Waals surface area contributed by atoms with E-state index in [1.807, 2.05) is 0 Å². The van der Waals surface area contributed by atoms with Gasteiger partial charge in [-0.05, 0) is 55.7 Å². The van der Waals surface area contributed by atoms with E-state index >= 15 is 0 Å². The fourth-order valence-electron chi connectivity index (χ4n) is 5.64. The minimum atomic E-state index is -4.31. The Hall–Kier alpha value is -6.34. The number of primary amides is 1. The predicted molar refractivity (Wildman–Crippen MR) is 236 cm³/mol. The van der Waals surface area contributed by atoms with Gasteiger partial charge in [0.25, 0.3) is 11.8 Å². The summed E-state index contributed by atoms with van der Waals surface area (Å²) in [4.78, 5) is 110. The van der Waals surface area contributed by atoms with Crippen LogP contribution < -0.4 is 41.8 Å². The van der Waals surface area contributed by atoms with Gasteiger partial charge >= 0.3 is 34.4 Å². The lowest BCUT2D eigenvalue weighted by Crippen LogP contribution is -2.54. The molecule has 66 heavy (non-hydrogen) atoms. The Labute approximate surface area is 383 Å². The molecule has 0 radical (unpaired) electrons. The Morgan fingerprint density at radius 1 is 0.712 bits per heavy atom. The van der Waals surface area contributed by atoms with Gasteiger partial charge in [-0.3, -0.25) is 33.7 Å². The van der Waals surface area contributed by atoms with Crippen molar-refractivity contribution in [2.45, 2.75) is 91.3 Å². The van der Waals surface area contributed by atoms with Gasteiger partial charge in [-0.25, -0.2) is 19.1 Å². The van der Waals surface area contributed by atoms with Crippen LogP contribution in [0, 0.1) is 11.8 Å². The number of amides is 9. The number of rotatable bonds is 31. The number of nitrogens with two attached hydrogens (primary N) is 1. The maximum Gasteiger partial charge on any atom is 0.421 e. The van der Waals surface area contributed by atoms with Gasteiger partial charge in [-0.15, -0.1) is 0 Å². The Morgan fingerprint density at radius 2 is 1.38 bits per heavy atom. The second kappa shape index (κ2) is 30.0. The van der Waals surface area contributed by atoms with Crippen molar-refractivity contribution < 1.29 is 70.5 Å². The highest BCUT2D eigenvalue weighted by atomic mass is 32.2. The molecule has 0 spiro atoms. The second-order valence-electron chi connectivity index (χ2n) is 15.4. The summed E-state index contributed by atoms with van der Waals surface area (Å²) in [5.74, 6) is -3.30. The highest BCUT2D eigenvalue weighted by molar-refractivity contribution is 7.88. The Kier molecular flexibility index (Phi) is 25.3. The lowest BCUT2D eigenvalue weighted by atomic mass is 10.0. The highest BCUT2D eigenvalue weighted by Gasteiger charge is 2.29. The molecule has 24 nitrogen and oxygen atoms in total. The summed E-state index contributed by atoms with van der Waals surface area (Å²) < 4.78 is 48.5. The maximum atomic E-state index is 13.4. The van der Waals surface area contributed by atoms with Gasteiger partial charge in [0.15, 0.2) is 0 Å². The number of nitrogens with zero attached hydrogens (tertiary/aromatic N) is 1. The van der Waals surface area contributed by atoms with Crippen LogP contribution in [-0.2, 0) is 64.5 Å². The zero-order chi connectivity index (χ0) is 49.1. The molecule has 1 heterocycles. The Morgan fingerprint density at radius 3 is 2.03 bits per heavy atom. The first-order chi connectivity index (χ1) is 31.3. The Bertz CT molecular complexity index is 1930. The molecule has 0 fully saturated rings. The first kappa shape index (κ1) is 55.8. The number of hydrogen-bond donors (Lipinski definition) is 8. The van der Waals surface area contributed by atoms with E-state index in [2.05, 4.69) is 31.3 Å². The number of alkyl carbamates (subject to hydrolysis) is 1. The highest BCUT2D eigenvalue weighted by Crippen LogP contribution is 2.14. The molecule has 9 amide bonds. The van der Waals surface area contributed by atoms with Crippen LogP contribution in [0.15, 0.2) is 36.4 Å². The van der Waals surface area contributed by atoms with E-state index in [0.29, 0.717) is 30.5 Å². The fourth-order valence-corrected chi connectivity index (χ4v) is 6.34. The van der Waals surface area contributed by atoms with Crippen molar-refractivity contribution >= 4 is 69.6 Å². The van der Waals surface area contributed by atoms with E-state index in [0.717, 1.165) is 4.90 Å². The van der Waals surface area contributed by atoms with Gasteiger partial charge in [0.2, 0.25) is 17.7 Å². The first-order valence-corrected chi connectivity index (χ1v) is 22.9. The molecule has 25 heteroatoms. The van der Waals surface area contributed by atoms with Gasteiger partial charge in [0.1, 0.15) is 25.3 Å². The molecule has 2 atom stereocenters. The molecule has 0 saturated carbocycles. The summed E-state index contributed by atoms with van der Waals surface area (Å²) in [6, 6.07) is 3.55. The molecule has 1 aliphatic rings. The molecular formula is C41H63N9O15S. The predicted octanol–water partition coefficient (Wildman–Crippen LogP) is 0.577. The SMILES string of the molecule is CC(C)C(=O)OCc1ccc(NC(=O)C(CCCNC(N)=O)NC(=O)[C@@H](NC(=O)OCCOCCNS(=O)(=O)NC(=O)OCCCNC(=O)CCCCCN2C(=O)C=CC2=O)C(C)C)cc1. The van der Waals surface area contributed by atoms with E-state index in [-0.39, 0.29) is 115 Å². The third-order valence-corrected chi connectivity index (χ3v) is 10.2. The first-order valence-electron chi connectivity index (χ1n) is 21.4. The number of carbonyl (C=O) groups excluding carboxylic acids is 9.